The second kappa shape index (κ2) is 7.92. The fourth-order valence-corrected chi connectivity index (χ4v) is 4.01. The smallest absolute Gasteiger partial charge is 0.370 e. The van der Waals surface area contributed by atoms with Gasteiger partial charge in [0, 0.05) is 23.6 Å². The molecule has 2 aromatic carbocycles. The van der Waals surface area contributed by atoms with Gasteiger partial charge in [0.25, 0.3) is 15.5 Å². The third kappa shape index (κ3) is 4.38. The Morgan fingerprint density at radius 3 is 2.41 bits per heavy atom. The molecule has 1 fully saturated rings. The van der Waals surface area contributed by atoms with E-state index in [0.29, 0.717) is 6.07 Å². The van der Waals surface area contributed by atoms with E-state index >= 15 is 0 Å². The summed E-state index contributed by atoms with van der Waals surface area (Å²) in [5.41, 5.74) is -5.40. The second-order valence-electron chi connectivity index (χ2n) is 6.21. The summed E-state index contributed by atoms with van der Waals surface area (Å²) in [6, 6.07) is 9.49. The minimum Gasteiger partial charge on any atom is -0.370 e. The predicted molar refractivity (Wildman–Crippen MR) is 101 cm³/mol. The first-order valence-corrected chi connectivity index (χ1v) is 10.5. The van der Waals surface area contributed by atoms with Crippen LogP contribution in [0.25, 0.3) is 0 Å². The van der Waals surface area contributed by atoms with Crippen LogP contribution < -0.4 is 4.90 Å². The molecule has 0 spiro atoms. The second-order valence-corrected chi connectivity index (χ2v) is 9.07. The van der Waals surface area contributed by atoms with Crippen molar-refractivity contribution in [1.82, 2.24) is 0 Å². The van der Waals surface area contributed by atoms with Gasteiger partial charge in [-0.1, -0.05) is 28.1 Å². The number of hydrogen-bond donors (Lipinski definition) is 0. The summed E-state index contributed by atoms with van der Waals surface area (Å²) in [7, 11) is -5.69. The maximum absolute atomic E-state index is 12.8. The Bertz CT molecular complexity index is 1030. The van der Waals surface area contributed by atoms with Crippen molar-refractivity contribution in [2.24, 2.45) is 0 Å². The zero-order valence-electron chi connectivity index (χ0n) is 14.6. The Morgan fingerprint density at radius 1 is 1.17 bits per heavy atom. The summed E-state index contributed by atoms with van der Waals surface area (Å²) >= 11 is 3.32. The van der Waals surface area contributed by atoms with E-state index in [0.717, 1.165) is 22.2 Å². The molecule has 3 rings (SSSR count). The summed E-state index contributed by atoms with van der Waals surface area (Å²) in [5, 5.41) is 11.4. The lowest BCUT2D eigenvalue weighted by Crippen LogP contribution is -2.38. The summed E-state index contributed by atoms with van der Waals surface area (Å²) in [4.78, 5) is 11.0. The third-order valence-electron chi connectivity index (χ3n) is 4.41. The lowest BCUT2D eigenvalue weighted by molar-refractivity contribution is -0.384. The lowest BCUT2D eigenvalue weighted by Gasteiger charge is -2.34. The fourth-order valence-electron chi connectivity index (χ4n) is 2.96. The van der Waals surface area contributed by atoms with Gasteiger partial charge in [-0.2, -0.15) is 13.2 Å². The molecule has 0 radical (unpaired) electrons. The van der Waals surface area contributed by atoms with Crippen molar-refractivity contribution < 1.29 is 31.2 Å². The van der Waals surface area contributed by atoms with Crippen LogP contribution in [-0.2, 0) is 14.6 Å². The molecule has 1 aliphatic heterocycles. The molecule has 2 aromatic rings. The van der Waals surface area contributed by atoms with E-state index in [2.05, 4.69) is 15.9 Å². The molecule has 0 bridgehead atoms. The van der Waals surface area contributed by atoms with Gasteiger partial charge in [0.2, 0.25) is 0 Å². The molecule has 1 aliphatic rings. The highest BCUT2D eigenvalue weighted by molar-refractivity contribution is 9.10. The Labute approximate surface area is 172 Å². The number of morpholine rings is 1. The summed E-state index contributed by atoms with van der Waals surface area (Å²) in [6.07, 6.45) is -0.407. The number of hydrogen-bond acceptors (Lipinski definition) is 6. The highest BCUT2D eigenvalue weighted by Gasteiger charge is 2.47. The van der Waals surface area contributed by atoms with E-state index < -0.39 is 37.0 Å². The summed E-state index contributed by atoms with van der Waals surface area (Å²) < 4.78 is 68.1. The molecule has 156 valence electrons. The van der Waals surface area contributed by atoms with Crippen LogP contribution in [0.3, 0.4) is 0 Å². The number of halogens is 4. The van der Waals surface area contributed by atoms with Crippen LogP contribution in [-0.4, -0.2) is 38.5 Å². The molecular weight excluding hydrogens is 481 g/mol. The number of anilines is 1. The minimum atomic E-state index is -5.69. The van der Waals surface area contributed by atoms with E-state index in [1.165, 1.54) is 0 Å². The molecule has 0 aliphatic carbocycles. The van der Waals surface area contributed by atoms with Gasteiger partial charge in [-0.15, -0.1) is 0 Å². The number of sulfone groups is 1. The van der Waals surface area contributed by atoms with Crippen molar-refractivity contribution in [2.45, 2.75) is 16.5 Å². The van der Waals surface area contributed by atoms with Gasteiger partial charge in [-0.05, 0) is 29.8 Å². The van der Waals surface area contributed by atoms with Crippen molar-refractivity contribution in [3.8, 4) is 0 Å². The van der Waals surface area contributed by atoms with Gasteiger partial charge >= 0.3 is 5.51 Å². The maximum Gasteiger partial charge on any atom is 0.501 e. The lowest BCUT2D eigenvalue weighted by atomic mass is 10.1. The van der Waals surface area contributed by atoms with Gasteiger partial charge in [0.15, 0.2) is 0 Å². The molecule has 1 unspecified atom stereocenters. The van der Waals surface area contributed by atoms with Crippen molar-refractivity contribution in [1.29, 1.82) is 0 Å². The van der Waals surface area contributed by atoms with Crippen LogP contribution in [0.15, 0.2) is 51.8 Å². The molecule has 1 heterocycles. The Morgan fingerprint density at radius 2 is 1.83 bits per heavy atom. The number of benzene rings is 2. The highest BCUT2D eigenvalue weighted by Crippen LogP contribution is 2.37. The zero-order chi connectivity index (χ0) is 21.4. The molecule has 0 N–H and O–H groups in total. The van der Waals surface area contributed by atoms with Gasteiger partial charge < -0.3 is 9.64 Å². The number of nitro groups is 1. The van der Waals surface area contributed by atoms with E-state index in [1.54, 1.807) is 4.90 Å². The van der Waals surface area contributed by atoms with Gasteiger partial charge in [0.1, 0.15) is 11.8 Å². The van der Waals surface area contributed by atoms with E-state index in [-0.39, 0.29) is 25.4 Å². The Hall–Kier alpha value is -2.18. The molecule has 12 heteroatoms. The molecule has 1 atom stereocenters. The van der Waals surface area contributed by atoms with E-state index in [1.807, 2.05) is 24.3 Å². The highest BCUT2D eigenvalue weighted by atomic mass is 79.9. The van der Waals surface area contributed by atoms with Crippen LogP contribution >= 0.6 is 15.9 Å². The van der Waals surface area contributed by atoms with Crippen LogP contribution in [0.4, 0.5) is 24.5 Å². The SMILES string of the molecule is O=[N+]([O-])c1cc(S(=O)(=O)C(F)(F)F)ccc1N1CCOC(c2ccc(Br)cc2)C1. The minimum absolute atomic E-state index is 0.0292. The molecule has 0 saturated carbocycles. The van der Waals surface area contributed by atoms with E-state index in [9.17, 15) is 31.7 Å². The molecule has 0 aromatic heterocycles. The third-order valence-corrected chi connectivity index (χ3v) is 6.42. The van der Waals surface area contributed by atoms with Crippen molar-refractivity contribution in [3.63, 3.8) is 0 Å². The predicted octanol–water partition coefficient (Wildman–Crippen LogP) is 4.23. The molecule has 0 amide bonds. The Balaban J connectivity index is 1.95. The zero-order valence-corrected chi connectivity index (χ0v) is 17.0. The number of nitrogens with zero attached hydrogens (tertiary/aromatic N) is 2. The molecule has 29 heavy (non-hydrogen) atoms. The van der Waals surface area contributed by atoms with Crippen molar-refractivity contribution in [3.05, 3.63) is 62.6 Å². The average Bonchev–Trinajstić information content (AvgIpc) is 2.67. The topological polar surface area (TPSA) is 89.8 Å². The van der Waals surface area contributed by atoms with Crippen LogP contribution in [0.5, 0.6) is 0 Å². The largest absolute Gasteiger partial charge is 0.501 e. The normalized spacial score (nSPS) is 17.9. The number of alkyl halides is 3. The van der Waals surface area contributed by atoms with Crippen LogP contribution in [0.1, 0.15) is 11.7 Å². The molecule has 7 nitrogen and oxygen atoms in total. The van der Waals surface area contributed by atoms with Crippen molar-refractivity contribution in [2.75, 3.05) is 24.6 Å². The number of nitro benzene ring substituents is 1. The molecular formula is C17H14BrF3N2O5S. The number of ether oxygens (including phenoxy) is 1. The summed E-state index contributed by atoms with van der Waals surface area (Å²) in [6.45, 7) is 0.716. The fraction of sp³-hybridized carbons (Fsp3) is 0.294. The average molecular weight is 495 g/mol. The van der Waals surface area contributed by atoms with Crippen LogP contribution in [0.2, 0.25) is 0 Å². The first-order valence-electron chi connectivity index (χ1n) is 8.22. The van der Waals surface area contributed by atoms with Crippen LogP contribution in [0, 0.1) is 10.1 Å². The Kier molecular flexibility index (Phi) is 5.88. The van der Waals surface area contributed by atoms with Gasteiger partial charge in [-0.25, -0.2) is 8.42 Å². The quantitative estimate of drug-likeness (QED) is 0.466. The maximum atomic E-state index is 12.8. The van der Waals surface area contributed by atoms with Gasteiger partial charge in [-0.3, -0.25) is 10.1 Å². The summed E-state index contributed by atoms with van der Waals surface area (Å²) in [5.74, 6) is 0. The van der Waals surface area contributed by atoms with E-state index in [4.69, 9.17) is 4.74 Å². The first-order chi connectivity index (χ1) is 13.5. The molecule has 1 saturated heterocycles. The monoisotopic (exact) mass is 494 g/mol. The first kappa shape index (κ1) is 21.5. The number of rotatable bonds is 4. The van der Waals surface area contributed by atoms with Crippen molar-refractivity contribution >= 4 is 37.1 Å². The standard InChI is InChI=1S/C17H14BrF3N2O5S/c18-12-3-1-11(2-4-12)16-10-22(7-8-28-16)14-6-5-13(9-15(14)23(24)25)29(26,27)17(19,20)21/h1-6,9,16H,7-8,10H2. The van der Waals surface area contributed by atoms with Gasteiger partial charge in [0.05, 0.1) is 16.4 Å².